The average Bonchev–Trinajstić information content (AvgIpc) is 3.09. The number of phenolic OH excluding ortho intramolecular Hbond substituents is 4. The Balaban J connectivity index is -0.000000437. The zero-order valence-corrected chi connectivity index (χ0v) is 50.6. The molecule has 0 atom stereocenters. The molecule has 0 aliphatic rings. The Morgan fingerprint density at radius 1 is 0.306 bits per heavy atom. The second kappa shape index (κ2) is 24.9. The summed E-state index contributed by atoms with van der Waals surface area (Å²) in [6.07, 6.45) is 0. The average molecular weight is 1050 g/mol. The van der Waals surface area contributed by atoms with Crippen molar-refractivity contribution in [1.29, 1.82) is 1.17 Å². The number of hydrogen-bond acceptors (Lipinski definition) is 8. The Bertz CT molecular complexity index is 2220. The van der Waals surface area contributed by atoms with Crippen molar-refractivity contribution in [1.82, 2.24) is 0 Å². The van der Waals surface area contributed by atoms with Gasteiger partial charge in [0.2, 0.25) is 0 Å². The Morgan fingerprint density at radius 2 is 0.444 bits per heavy atom. The van der Waals surface area contributed by atoms with Gasteiger partial charge in [0.05, 0.1) is 2.74 Å². The quantitative estimate of drug-likeness (QED) is 0.0800. The summed E-state index contributed by atoms with van der Waals surface area (Å²) in [6, 6.07) is 3.48. The molecule has 0 spiro atoms. The second-order valence-electron chi connectivity index (χ2n) is 27.2. The molecule has 72 heavy (non-hydrogen) atoms. The predicted octanol–water partition coefficient (Wildman–Crippen LogP) is 17.6. The van der Waals surface area contributed by atoms with E-state index in [1.165, 1.54) is 0 Å². The zero-order chi connectivity index (χ0) is 58.1. The molecule has 0 amide bonds. The van der Waals surface area contributed by atoms with Crippen LogP contribution in [-0.2, 0) is 43.3 Å². The van der Waals surface area contributed by atoms with Crippen molar-refractivity contribution in [3.63, 3.8) is 0 Å². The first-order valence-electron chi connectivity index (χ1n) is 25.6. The fraction of sp³-hybridized carbons (Fsp3) is 0.613. The molecule has 0 heterocycles. The monoisotopic (exact) mass is 1050 g/mol. The Morgan fingerprint density at radius 3 is 0.597 bits per heavy atom. The highest BCUT2D eigenvalue weighted by Gasteiger charge is 2.32. The smallest absolute Gasteiger partial charge is 0.147 e. The summed E-state index contributed by atoms with van der Waals surface area (Å²) in [5.74, 6) is 0.650. The molecule has 12 N–H and O–H groups in total. The number of anilines is 4. The minimum Gasteiger partial charge on any atom is -0.508 e. The molecule has 0 aromatic heterocycles. The van der Waals surface area contributed by atoms with Gasteiger partial charge in [0.25, 0.3) is 0 Å². The number of hydrogen-bond donors (Lipinski definition) is 8. The molecule has 0 aliphatic carbocycles. The first-order chi connectivity index (χ1) is 31.7. The highest BCUT2D eigenvalue weighted by Crippen LogP contribution is 2.46. The third kappa shape index (κ3) is 18.1. The maximum atomic E-state index is 10.2. The SMILES string of the molecule is C.C.Cc1c(C(C)(C)C)c(N)cc(O)c1C(C)(C)C.Cc1c(C(C)(C)C)c(N)cc(O)c1C(C)(C)C.Cl.[2H]Cl.[2H]c1c(N)c(C(C)(C)C)c(C)c(C(C)(C)C)c1O.[2H]c1c(N)c(C(C)(C)C)c(C)c(C(C)(C)C)c1O. The van der Waals surface area contributed by atoms with Crippen LogP contribution in [0.4, 0.5) is 22.7 Å². The standard InChI is InChI=1S/4C15H25NO.2CH4.2ClH/c4*1-9-12(14(2,3)4)10(16)8-11(17)13(9)15(5,6)7;;;;/h4*8,17H,16H2,1-7H3;2*1H4;2*1H/i2*8D;;;;;;/hD. The van der Waals surface area contributed by atoms with Gasteiger partial charge in [-0.05, 0) is 116 Å². The van der Waals surface area contributed by atoms with Gasteiger partial charge in [-0.1, -0.05) is 181 Å². The number of halogens is 2. The summed E-state index contributed by atoms with van der Waals surface area (Å²) >= 11 is 3.89. The van der Waals surface area contributed by atoms with Crippen LogP contribution >= 0.6 is 24.7 Å². The van der Waals surface area contributed by atoms with Crippen LogP contribution in [0.5, 0.6) is 23.0 Å². The first kappa shape index (κ1) is 67.9. The molecular weight excluding hydrogens is 936 g/mol. The molecule has 0 aliphatic heterocycles. The fourth-order valence-electron chi connectivity index (χ4n) is 10.8. The lowest BCUT2D eigenvalue weighted by molar-refractivity contribution is 0.442. The van der Waals surface area contributed by atoms with Gasteiger partial charge >= 0.3 is 0 Å². The van der Waals surface area contributed by atoms with E-state index in [1.54, 1.807) is 12.1 Å². The van der Waals surface area contributed by atoms with Gasteiger partial charge in [0, 0.05) is 69.2 Å². The molecule has 416 valence electrons. The van der Waals surface area contributed by atoms with Crippen LogP contribution < -0.4 is 22.9 Å². The van der Waals surface area contributed by atoms with Crippen LogP contribution in [0.2, 0.25) is 0 Å². The van der Waals surface area contributed by atoms with E-state index in [0.29, 0.717) is 34.2 Å². The van der Waals surface area contributed by atoms with Gasteiger partial charge in [0.1, 0.15) is 24.2 Å². The topological polar surface area (TPSA) is 185 Å². The zero-order valence-electron chi connectivity index (χ0n) is 52.0. The molecule has 8 nitrogen and oxygen atoms in total. The normalized spacial score (nSPS) is 12.7. The van der Waals surface area contributed by atoms with Crippen molar-refractivity contribution >= 4 is 47.5 Å². The van der Waals surface area contributed by atoms with E-state index in [9.17, 15) is 20.4 Å². The van der Waals surface area contributed by atoms with E-state index < -0.39 is 0 Å². The number of nitrogen functional groups attached to an aromatic ring is 4. The summed E-state index contributed by atoms with van der Waals surface area (Å²) < 4.78 is 21.2. The number of nitrogens with two attached hydrogens (primary N) is 4. The van der Waals surface area contributed by atoms with E-state index >= 15 is 0 Å². The summed E-state index contributed by atoms with van der Waals surface area (Å²) in [5, 5.41) is 40.7. The third-order valence-corrected chi connectivity index (χ3v) is 12.2. The first-order valence-corrected chi connectivity index (χ1v) is 24.2. The molecule has 0 fully saturated rings. The number of rotatable bonds is 0. The third-order valence-electron chi connectivity index (χ3n) is 12.2. The minimum absolute atomic E-state index is 0. The summed E-state index contributed by atoms with van der Waals surface area (Å²) in [5.41, 5.74) is 37.5. The van der Waals surface area contributed by atoms with Crippen molar-refractivity contribution < 1.29 is 23.2 Å². The highest BCUT2D eigenvalue weighted by atomic mass is 35.5. The van der Waals surface area contributed by atoms with Crippen LogP contribution in [0, 0.1) is 27.7 Å². The maximum Gasteiger partial charge on any atom is 0.147 e. The van der Waals surface area contributed by atoms with Crippen molar-refractivity contribution in [2.75, 3.05) is 22.9 Å². The molecule has 4 rings (SSSR count). The second-order valence-corrected chi connectivity index (χ2v) is 27.2. The van der Waals surface area contributed by atoms with Crippen molar-refractivity contribution in [2.24, 2.45) is 0 Å². The molecular formula is C62H110Cl2N4O4. The molecule has 4 aromatic rings. The predicted molar refractivity (Wildman–Crippen MR) is 327 cm³/mol. The Labute approximate surface area is 458 Å². The van der Waals surface area contributed by atoms with Gasteiger partial charge in [-0.2, -0.15) is 0 Å². The van der Waals surface area contributed by atoms with Crippen molar-refractivity contribution in [3.05, 3.63) is 91.0 Å². The van der Waals surface area contributed by atoms with Gasteiger partial charge in [-0.25, -0.2) is 0 Å². The number of benzene rings is 4. The molecule has 0 bridgehead atoms. The summed E-state index contributed by atoms with van der Waals surface area (Å²) in [7, 11) is 0. The van der Waals surface area contributed by atoms with Crippen LogP contribution in [0.15, 0.2) is 24.2 Å². The lowest BCUT2D eigenvalue weighted by Crippen LogP contribution is -2.21. The fourth-order valence-corrected chi connectivity index (χ4v) is 10.8. The van der Waals surface area contributed by atoms with Crippen molar-refractivity contribution in [2.45, 2.75) is 252 Å². The van der Waals surface area contributed by atoms with E-state index in [-0.39, 0.29) is 94.2 Å². The minimum atomic E-state index is -0.211. The lowest BCUT2D eigenvalue weighted by Gasteiger charge is -2.30. The summed E-state index contributed by atoms with van der Waals surface area (Å²) in [4.78, 5) is 0. The molecule has 0 saturated carbocycles. The molecule has 0 radical (unpaired) electrons. The molecule has 0 saturated heterocycles. The lowest BCUT2D eigenvalue weighted by atomic mass is 9.75. The maximum absolute atomic E-state index is 10.2. The van der Waals surface area contributed by atoms with Gasteiger partial charge < -0.3 is 43.4 Å². The van der Waals surface area contributed by atoms with Crippen LogP contribution in [-0.4, -0.2) is 21.6 Å². The molecule has 4 aromatic carbocycles. The highest BCUT2D eigenvalue weighted by molar-refractivity contribution is 5.85. The van der Waals surface area contributed by atoms with E-state index in [1.807, 2.05) is 55.4 Å². The Hall–Kier alpha value is -4.14. The van der Waals surface area contributed by atoms with Crippen LogP contribution in [0.1, 0.15) is 251 Å². The number of aromatic hydroxyl groups is 4. The van der Waals surface area contributed by atoms with Gasteiger partial charge in [0.15, 0.2) is 0 Å². The molecule has 10 heteroatoms. The number of phenols is 4. The Kier molecular flexibility index (Phi) is 23.5. The van der Waals surface area contributed by atoms with E-state index in [2.05, 4.69) is 151 Å². The van der Waals surface area contributed by atoms with Gasteiger partial charge in [-0.15, -0.1) is 24.7 Å². The largest absolute Gasteiger partial charge is 0.508 e. The van der Waals surface area contributed by atoms with Crippen molar-refractivity contribution in [3.8, 4) is 23.0 Å². The van der Waals surface area contributed by atoms with Gasteiger partial charge in [-0.3, -0.25) is 0 Å². The van der Waals surface area contributed by atoms with E-state index in [4.69, 9.17) is 26.8 Å². The molecule has 0 unspecified atom stereocenters. The summed E-state index contributed by atoms with van der Waals surface area (Å²) in [6.45, 7) is 58.3. The van der Waals surface area contributed by atoms with Crippen LogP contribution in [0.25, 0.3) is 0 Å². The van der Waals surface area contributed by atoms with E-state index in [0.717, 1.165) is 66.8 Å². The van der Waals surface area contributed by atoms with Crippen LogP contribution in [0.3, 0.4) is 0 Å².